The van der Waals surface area contributed by atoms with Crippen LogP contribution < -0.4 is 0 Å². The summed E-state index contributed by atoms with van der Waals surface area (Å²) < 4.78 is 6.58. The summed E-state index contributed by atoms with van der Waals surface area (Å²) >= 11 is 0. The minimum absolute atomic E-state index is 0.0222. The van der Waals surface area contributed by atoms with E-state index in [0.29, 0.717) is 59.5 Å². The molecule has 0 heterocycles. The van der Waals surface area contributed by atoms with Crippen molar-refractivity contribution in [2.24, 2.45) is 63.6 Å². The smallest absolute Gasteiger partial charge is 0.306 e. The summed E-state index contributed by atoms with van der Waals surface area (Å²) in [5.41, 5.74) is 2.11. The Labute approximate surface area is 294 Å². The quantitative estimate of drug-likeness (QED) is 0.236. The molecule has 0 aromatic heterocycles. The molecule has 0 spiro atoms. The van der Waals surface area contributed by atoms with Crippen LogP contribution in [0.4, 0.5) is 0 Å². The van der Waals surface area contributed by atoms with Crippen molar-refractivity contribution in [3.63, 3.8) is 0 Å². The highest BCUT2D eigenvalue weighted by molar-refractivity contribution is 5.70. The number of ether oxygens (including phenoxy) is 1. The van der Waals surface area contributed by atoms with Gasteiger partial charge in [-0.1, -0.05) is 33.8 Å². The van der Waals surface area contributed by atoms with Crippen molar-refractivity contribution < 1.29 is 30.0 Å². The van der Waals surface area contributed by atoms with Crippen molar-refractivity contribution in [3.05, 3.63) is 29.3 Å². The lowest BCUT2D eigenvalue weighted by Crippen LogP contribution is -2.62. The van der Waals surface area contributed by atoms with Crippen LogP contribution in [0.3, 0.4) is 0 Å². The number of rotatable bonds is 5. The van der Waals surface area contributed by atoms with Gasteiger partial charge in [-0.3, -0.25) is 4.79 Å². The normalized spacial score (nSPS) is 50.6. The standard InChI is InChI=1S/C43H64O6/c1-24(32-11-12-34-39-35(23-37(47)43(32,34)5)40(2)17-14-28(45)21-26(40)22-36(39)46)6-13-38(48)49-42(4)19-16-33-31-9-7-25-20-27(44)8-10-29(25)30(31)15-18-41(33,42)3/h8,10,20,24,26,28,30-37,39,44-47H,6-7,9,11-19,21-23H2,1-5H3/t24?,26-,28?,30-,31-,32?,33+,34-,35-,36?,37?,39-,40-,41+,42+,43+/m0/s1. The molecule has 6 fully saturated rings. The number of aliphatic hydroxyl groups excluding tert-OH is 3. The third-order valence-corrected chi connectivity index (χ3v) is 17.9. The van der Waals surface area contributed by atoms with Gasteiger partial charge in [-0.2, -0.15) is 0 Å². The zero-order chi connectivity index (χ0) is 34.7. The Morgan fingerprint density at radius 3 is 2.49 bits per heavy atom. The number of carbonyl (C=O) groups is 1. The summed E-state index contributed by atoms with van der Waals surface area (Å²) in [6.07, 6.45) is 12.8. The number of phenolic OH excluding ortho intramolecular Hbond substituents is 1. The topological polar surface area (TPSA) is 107 Å². The van der Waals surface area contributed by atoms with E-state index in [0.717, 1.165) is 89.9 Å². The lowest BCUT2D eigenvalue weighted by atomic mass is 9.43. The molecule has 6 heteroatoms. The second-order valence-electron chi connectivity index (χ2n) is 19.5. The first-order chi connectivity index (χ1) is 23.2. The predicted molar refractivity (Wildman–Crippen MR) is 190 cm³/mol. The maximum atomic E-state index is 13.7. The van der Waals surface area contributed by atoms with Gasteiger partial charge in [-0.05, 0) is 184 Å². The summed E-state index contributed by atoms with van der Waals surface area (Å²) in [5.74, 6) is 3.75. The molecule has 272 valence electrons. The molecule has 0 amide bonds. The van der Waals surface area contributed by atoms with Gasteiger partial charge in [0.2, 0.25) is 0 Å². The molecule has 16 atom stereocenters. The Balaban J connectivity index is 0.916. The maximum absolute atomic E-state index is 13.7. The number of benzene rings is 1. The van der Waals surface area contributed by atoms with E-state index in [1.54, 1.807) is 0 Å². The van der Waals surface area contributed by atoms with Gasteiger partial charge in [0.15, 0.2) is 0 Å². The van der Waals surface area contributed by atoms with Gasteiger partial charge in [0.05, 0.1) is 18.3 Å². The largest absolute Gasteiger partial charge is 0.508 e. The molecule has 6 nitrogen and oxygen atoms in total. The minimum atomic E-state index is -0.447. The van der Waals surface area contributed by atoms with Gasteiger partial charge in [0.1, 0.15) is 11.4 Å². The monoisotopic (exact) mass is 676 g/mol. The number of hydrogen-bond donors (Lipinski definition) is 4. The molecule has 0 aliphatic heterocycles. The molecule has 0 radical (unpaired) electrons. The third kappa shape index (κ3) is 5.06. The average Bonchev–Trinajstić information content (AvgIpc) is 3.55. The Morgan fingerprint density at radius 2 is 1.69 bits per heavy atom. The lowest BCUT2D eigenvalue weighted by molar-refractivity contribution is -0.207. The van der Waals surface area contributed by atoms with E-state index < -0.39 is 11.7 Å². The Kier molecular flexibility index (Phi) is 8.40. The van der Waals surface area contributed by atoms with E-state index in [4.69, 9.17) is 4.74 Å². The summed E-state index contributed by atoms with van der Waals surface area (Å²) in [6.45, 7) is 11.6. The number of aliphatic hydroxyl groups is 3. The summed E-state index contributed by atoms with van der Waals surface area (Å²) in [6, 6.07) is 5.98. The number of hydrogen-bond acceptors (Lipinski definition) is 6. The molecular weight excluding hydrogens is 612 g/mol. The molecule has 7 aliphatic carbocycles. The second-order valence-corrected chi connectivity index (χ2v) is 19.5. The molecule has 5 unspecified atom stereocenters. The van der Waals surface area contributed by atoms with E-state index in [1.165, 1.54) is 11.1 Å². The van der Waals surface area contributed by atoms with Gasteiger partial charge >= 0.3 is 5.97 Å². The molecule has 1 aromatic carbocycles. The molecule has 0 saturated heterocycles. The molecule has 8 rings (SSSR count). The molecule has 0 bridgehead atoms. The number of carbonyl (C=O) groups excluding carboxylic acids is 1. The first-order valence-electron chi connectivity index (χ1n) is 20.3. The number of aromatic hydroxyl groups is 1. The zero-order valence-corrected chi connectivity index (χ0v) is 30.9. The first-order valence-corrected chi connectivity index (χ1v) is 20.3. The van der Waals surface area contributed by atoms with E-state index in [2.05, 4.69) is 40.7 Å². The molecule has 6 saturated carbocycles. The fourth-order valence-electron chi connectivity index (χ4n) is 14.9. The highest BCUT2D eigenvalue weighted by Crippen LogP contribution is 2.69. The van der Waals surface area contributed by atoms with Crippen LogP contribution in [0, 0.1) is 63.6 Å². The fraction of sp³-hybridized carbons (Fsp3) is 0.837. The van der Waals surface area contributed by atoms with Gasteiger partial charge in [-0.25, -0.2) is 0 Å². The fourth-order valence-corrected chi connectivity index (χ4v) is 14.9. The molecule has 4 N–H and O–H groups in total. The highest BCUT2D eigenvalue weighted by atomic mass is 16.6. The van der Waals surface area contributed by atoms with Gasteiger partial charge in [0.25, 0.3) is 0 Å². The first kappa shape index (κ1) is 34.5. The highest BCUT2D eigenvalue weighted by Gasteiger charge is 2.66. The molecular formula is C43H64O6. The predicted octanol–water partition coefficient (Wildman–Crippen LogP) is 7.93. The van der Waals surface area contributed by atoms with Crippen LogP contribution in [0.2, 0.25) is 0 Å². The third-order valence-electron chi connectivity index (χ3n) is 17.9. The summed E-state index contributed by atoms with van der Waals surface area (Å²) in [7, 11) is 0. The van der Waals surface area contributed by atoms with Crippen LogP contribution in [0.15, 0.2) is 18.2 Å². The summed E-state index contributed by atoms with van der Waals surface area (Å²) in [5, 5.41) is 44.1. The van der Waals surface area contributed by atoms with E-state index >= 15 is 0 Å². The van der Waals surface area contributed by atoms with Crippen molar-refractivity contribution in [1.29, 1.82) is 0 Å². The SMILES string of the molecule is CC(CCC(=O)O[C@]1(C)CC[C@@H]2[C@H]3CCc4cc(O)ccc4[C@@H]3CC[C@]21C)C1CC[C@H]2[C@@H]3C(O)C[C@@H]4CC(O)CC[C@]4(C)[C@H]3CC(O)[C@]12C. The zero-order valence-electron chi connectivity index (χ0n) is 30.9. The van der Waals surface area contributed by atoms with Gasteiger partial charge in [-0.15, -0.1) is 0 Å². The van der Waals surface area contributed by atoms with Crippen LogP contribution in [-0.4, -0.2) is 50.3 Å². The van der Waals surface area contributed by atoms with Gasteiger partial charge < -0.3 is 25.2 Å². The maximum Gasteiger partial charge on any atom is 0.306 e. The second kappa shape index (κ2) is 12.0. The van der Waals surface area contributed by atoms with Crippen LogP contribution in [0.5, 0.6) is 5.75 Å². The Morgan fingerprint density at radius 1 is 0.898 bits per heavy atom. The van der Waals surface area contributed by atoms with E-state index in [9.17, 15) is 25.2 Å². The van der Waals surface area contributed by atoms with E-state index in [1.807, 2.05) is 12.1 Å². The van der Waals surface area contributed by atoms with Gasteiger partial charge in [0, 0.05) is 11.8 Å². The summed E-state index contributed by atoms with van der Waals surface area (Å²) in [4.78, 5) is 13.7. The van der Waals surface area contributed by atoms with Crippen LogP contribution in [0.25, 0.3) is 0 Å². The van der Waals surface area contributed by atoms with E-state index in [-0.39, 0.29) is 40.3 Å². The van der Waals surface area contributed by atoms with Crippen molar-refractivity contribution in [2.75, 3.05) is 0 Å². The minimum Gasteiger partial charge on any atom is -0.508 e. The molecule has 7 aliphatic rings. The average molecular weight is 677 g/mol. The molecule has 1 aromatic rings. The lowest BCUT2D eigenvalue weighted by Gasteiger charge is -2.63. The Bertz CT molecular complexity index is 1440. The van der Waals surface area contributed by atoms with Crippen LogP contribution in [0.1, 0.15) is 142 Å². The molecule has 49 heavy (non-hydrogen) atoms. The van der Waals surface area contributed by atoms with Crippen molar-refractivity contribution >= 4 is 5.97 Å². The van der Waals surface area contributed by atoms with Crippen LogP contribution in [-0.2, 0) is 16.0 Å². The Hall–Kier alpha value is -1.63. The number of phenols is 1. The van der Waals surface area contributed by atoms with Crippen molar-refractivity contribution in [2.45, 2.75) is 161 Å². The number of fused-ring (bicyclic) bond motifs is 10. The van der Waals surface area contributed by atoms with Crippen molar-refractivity contribution in [3.8, 4) is 5.75 Å². The van der Waals surface area contributed by atoms with Crippen LogP contribution >= 0.6 is 0 Å². The number of aryl methyl sites for hydroxylation is 1. The van der Waals surface area contributed by atoms with Crippen molar-refractivity contribution in [1.82, 2.24) is 0 Å². The number of esters is 1.